The van der Waals surface area contributed by atoms with Crippen molar-refractivity contribution in [3.63, 3.8) is 0 Å². The van der Waals surface area contributed by atoms with E-state index in [-0.39, 0.29) is 10.9 Å². The zero-order valence-corrected chi connectivity index (χ0v) is 11.0. The van der Waals surface area contributed by atoms with Gasteiger partial charge >= 0.3 is 5.97 Å². The van der Waals surface area contributed by atoms with Gasteiger partial charge in [-0.3, -0.25) is 0 Å². The van der Waals surface area contributed by atoms with Crippen LogP contribution >= 0.6 is 12.2 Å². The minimum absolute atomic E-state index is 0.141. The number of hydrogen-bond donors (Lipinski definition) is 2. The van der Waals surface area contributed by atoms with Crippen LogP contribution in [0.1, 0.15) is 10.6 Å². The van der Waals surface area contributed by atoms with Crippen molar-refractivity contribution < 1.29 is 13.9 Å². The smallest absolute Gasteiger partial charge is 0.373 e. The van der Waals surface area contributed by atoms with E-state index in [1.165, 1.54) is 7.11 Å². The fraction of sp³-hybridized carbons (Fsp3) is 0.0769. The van der Waals surface area contributed by atoms with Crippen molar-refractivity contribution in [2.45, 2.75) is 0 Å². The van der Waals surface area contributed by atoms with Gasteiger partial charge in [0.2, 0.25) is 5.76 Å². The van der Waals surface area contributed by atoms with Crippen LogP contribution in [0.2, 0.25) is 0 Å². The quantitative estimate of drug-likeness (QED) is 0.662. The molecule has 6 heteroatoms. The molecule has 5 nitrogen and oxygen atoms in total. The average molecular weight is 276 g/mol. The van der Waals surface area contributed by atoms with Gasteiger partial charge in [-0.25, -0.2) is 4.79 Å². The van der Waals surface area contributed by atoms with Crippen LogP contribution in [-0.4, -0.2) is 18.2 Å². The molecule has 98 valence electrons. The van der Waals surface area contributed by atoms with Crippen molar-refractivity contribution in [2.75, 3.05) is 12.4 Å². The Kier molecular flexibility index (Phi) is 3.82. The van der Waals surface area contributed by atoms with Gasteiger partial charge in [-0.2, -0.15) is 0 Å². The second kappa shape index (κ2) is 5.53. The molecule has 0 aliphatic rings. The second-order valence-corrected chi connectivity index (χ2v) is 4.13. The summed E-state index contributed by atoms with van der Waals surface area (Å²) < 4.78 is 10.0. The first kappa shape index (κ1) is 13.1. The van der Waals surface area contributed by atoms with E-state index in [0.717, 1.165) is 5.56 Å². The largest absolute Gasteiger partial charge is 0.463 e. The number of furan rings is 1. The molecule has 0 unspecified atom stereocenters. The highest BCUT2D eigenvalue weighted by atomic mass is 32.1. The lowest BCUT2D eigenvalue weighted by Crippen LogP contribution is -2.19. The van der Waals surface area contributed by atoms with Gasteiger partial charge in [-0.15, -0.1) is 0 Å². The van der Waals surface area contributed by atoms with E-state index >= 15 is 0 Å². The number of carbonyl (C=O) groups excluding carboxylic acids is 1. The summed E-state index contributed by atoms with van der Waals surface area (Å²) in [7, 11) is 1.30. The summed E-state index contributed by atoms with van der Waals surface area (Å²) in [5.41, 5.74) is 6.93. The fourth-order valence-electron chi connectivity index (χ4n) is 1.63. The molecule has 0 saturated carbocycles. The number of para-hydroxylation sites is 1. The Morgan fingerprint density at radius 2 is 2.05 bits per heavy atom. The number of thiocarbonyl (C=S) groups is 1. The van der Waals surface area contributed by atoms with Crippen LogP contribution in [0.25, 0.3) is 11.3 Å². The van der Waals surface area contributed by atoms with Crippen LogP contribution in [0.15, 0.2) is 40.8 Å². The summed E-state index contributed by atoms with van der Waals surface area (Å²) >= 11 is 4.81. The number of rotatable bonds is 3. The number of esters is 1. The van der Waals surface area contributed by atoms with Crippen molar-refractivity contribution in [3.05, 3.63) is 42.2 Å². The summed E-state index contributed by atoms with van der Waals surface area (Å²) in [5, 5.41) is 3.02. The number of methoxy groups -OCH3 is 1. The number of ether oxygens (including phenoxy) is 1. The van der Waals surface area contributed by atoms with E-state index in [9.17, 15) is 4.79 Å². The Hall–Kier alpha value is -2.34. The second-order valence-electron chi connectivity index (χ2n) is 3.69. The van der Waals surface area contributed by atoms with Crippen molar-refractivity contribution in [1.82, 2.24) is 0 Å². The van der Waals surface area contributed by atoms with Gasteiger partial charge in [-0.1, -0.05) is 12.1 Å². The summed E-state index contributed by atoms with van der Waals surface area (Å²) in [5.74, 6) is 0.147. The van der Waals surface area contributed by atoms with E-state index in [0.29, 0.717) is 11.4 Å². The molecule has 0 fully saturated rings. The average Bonchev–Trinajstić information content (AvgIpc) is 2.87. The molecule has 0 amide bonds. The highest BCUT2D eigenvalue weighted by Crippen LogP contribution is 2.29. The molecule has 19 heavy (non-hydrogen) atoms. The van der Waals surface area contributed by atoms with E-state index in [1.54, 1.807) is 12.1 Å². The standard InChI is InChI=1S/C13H12N2O3S/c1-17-12(16)11-7-6-10(18-11)8-4-2-3-5-9(8)15-13(14)19/h2-7H,1H3,(H3,14,15,19). The molecule has 0 aliphatic heterocycles. The highest BCUT2D eigenvalue weighted by molar-refractivity contribution is 7.80. The SMILES string of the molecule is COC(=O)c1ccc(-c2ccccc2NC(N)=S)o1. The molecular formula is C13H12N2O3S. The molecule has 0 spiro atoms. The van der Waals surface area contributed by atoms with Crippen LogP contribution < -0.4 is 11.1 Å². The fourth-order valence-corrected chi connectivity index (χ4v) is 1.74. The van der Waals surface area contributed by atoms with Gasteiger partial charge in [0.05, 0.1) is 12.8 Å². The van der Waals surface area contributed by atoms with Crippen LogP contribution in [0.3, 0.4) is 0 Å². The molecule has 0 bridgehead atoms. The zero-order chi connectivity index (χ0) is 13.8. The number of hydrogen-bond acceptors (Lipinski definition) is 4. The maximum Gasteiger partial charge on any atom is 0.373 e. The van der Waals surface area contributed by atoms with Crippen LogP contribution in [0, 0.1) is 0 Å². The topological polar surface area (TPSA) is 77.5 Å². The van der Waals surface area contributed by atoms with E-state index in [2.05, 4.69) is 10.1 Å². The highest BCUT2D eigenvalue weighted by Gasteiger charge is 2.14. The number of nitrogens with one attached hydrogen (secondary N) is 1. The summed E-state index contributed by atoms with van der Waals surface area (Å²) in [6.45, 7) is 0. The van der Waals surface area contributed by atoms with Crippen LogP contribution in [0.5, 0.6) is 0 Å². The molecule has 1 aromatic heterocycles. The summed E-state index contributed by atoms with van der Waals surface area (Å²) in [6.07, 6.45) is 0. The van der Waals surface area contributed by atoms with E-state index in [4.69, 9.17) is 22.4 Å². The molecule has 1 aromatic carbocycles. The third-order valence-electron chi connectivity index (χ3n) is 2.44. The lowest BCUT2D eigenvalue weighted by Gasteiger charge is -2.08. The lowest BCUT2D eigenvalue weighted by molar-refractivity contribution is 0.0566. The predicted octanol–water partition coefficient (Wildman–Crippen LogP) is 2.39. The molecule has 0 aliphatic carbocycles. The zero-order valence-electron chi connectivity index (χ0n) is 10.2. The minimum atomic E-state index is -0.522. The summed E-state index contributed by atoms with van der Waals surface area (Å²) in [6, 6.07) is 10.6. The number of anilines is 1. The third kappa shape index (κ3) is 2.92. The van der Waals surface area contributed by atoms with Crippen molar-refractivity contribution in [2.24, 2.45) is 5.73 Å². The molecular weight excluding hydrogens is 264 g/mol. The first-order chi connectivity index (χ1) is 9.11. The molecule has 2 rings (SSSR count). The Morgan fingerprint density at radius 1 is 1.32 bits per heavy atom. The van der Waals surface area contributed by atoms with E-state index in [1.807, 2.05) is 24.3 Å². The monoisotopic (exact) mass is 276 g/mol. The van der Waals surface area contributed by atoms with E-state index < -0.39 is 5.97 Å². The number of carbonyl (C=O) groups is 1. The van der Waals surface area contributed by atoms with Gasteiger partial charge in [-0.05, 0) is 36.5 Å². The van der Waals surface area contributed by atoms with Crippen LogP contribution in [0.4, 0.5) is 5.69 Å². The molecule has 0 saturated heterocycles. The number of benzene rings is 1. The molecule has 0 radical (unpaired) electrons. The maximum atomic E-state index is 11.3. The van der Waals surface area contributed by atoms with Gasteiger partial charge in [0, 0.05) is 5.56 Å². The Labute approximate surface area is 115 Å². The van der Waals surface area contributed by atoms with Gasteiger partial charge in [0.25, 0.3) is 0 Å². The Balaban J connectivity index is 2.38. The third-order valence-corrected chi connectivity index (χ3v) is 2.55. The predicted molar refractivity (Wildman–Crippen MR) is 75.9 cm³/mol. The molecule has 2 aromatic rings. The Morgan fingerprint density at radius 3 is 2.74 bits per heavy atom. The number of nitrogens with two attached hydrogens (primary N) is 1. The molecule has 1 heterocycles. The van der Waals surface area contributed by atoms with Gasteiger partial charge in [0.15, 0.2) is 5.11 Å². The van der Waals surface area contributed by atoms with Crippen molar-refractivity contribution >= 4 is 29.0 Å². The normalized spacial score (nSPS) is 9.95. The van der Waals surface area contributed by atoms with Gasteiger partial charge < -0.3 is 20.2 Å². The Bertz CT molecular complexity index is 622. The summed E-state index contributed by atoms with van der Waals surface area (Å²) in [4.78, 5) is 11.3. The first-order valence-electron chi connectivity index (χ1n) is 5.46. The maximum absolute atomic E-state index is 11.3. The minimum Gasteiger partial charge on any atom is -0.463 e. The van der Waals surface area contributed by atoms with Crippen molar-refractivity contribution in [3.8, 4) is 11.3 Å². The van der Waals surface area contributed by atoms with Gasteiger partial charge in [0.1, 0.15) is 5.76 Å². The van der Waals surface area contributed by atoms with Crippen molar-refractivity contribution in [1.29, 1.82) is 0 Å². The van der Waals surface area contributed by atoms with Crippen LogP contribution in [-0.2, 0) is 4.74 Å². The first-order valence-corrected chi connectivity index (χ1v) is 5.86. The lowest BCUT2D eigenvalue weighted by atomic mass is 10.1. The molecule has 3 N–H and O–H groups in total. The molecule has 0 atom stereocenters.